The van der Waals surface area contributed by atoms with E-state index in [1.54, 1.807) is 24.3 Å². The molecule has 2 N–H and O–H groups in total. The van der Waals surface area contributed by atoms with E-state index in [1.165, 1.54) is 0 Å². The Bertz CT molecular complexity index is 5540. The third-order valence-corrected chi connectivity index (χ3v) is 16.3. The van der Waals surface area contributed by atoms with Crippen molar-refractivity contribution in [3.8, 4) is 78.1 Å². The molecule has 86 heavy (non-hydrogen) atoms. The summed E-state index contributed by atoms with van der Waals surface area (Å²) < 4.78 is 99.0. The molecular weight excluding hydrogens is 1160 g/mol. The highest BCUT2D eigenvalue weighted by Crippen LogP contribution is 2.51. The second kappa shape index (κ2) is 23.9. The maximum Gasteiger partial charge on any atom is 0.488 e. The van der Waals surface area contributed by atoms with Crippen LogP contribution in [0.1, 0.15) is 13.7 Å². The van der Waals surface area contributed by atoms with E-state index in [2.05, 4.69) is 71.1 Å². The number of benzene rings is 14. The van der Waals surface area contributed by atoms with Crippen LogP contribution in [-0.4, -0.2) is 17.2 Å². The lowest BCUT2D eigenvalue weighted by Gasteiger charge is -2.18. The molecule has 0 amide bonds. The third-order valence-electron chi connectivity index (χ3n) is 15.5. The molecule has 0 atom stereocenters. The molecule has 0 saturated heterocycles. The van der Waals surface area contributed by atoms with Crippen molar-refractivity contribution < 1.29 is 32.6 Å². The van der Waals surface area contributed by atoms with Gasteiger partial charge in [-0.15, -0.1) is 0 Å². The van der Waals surface area contributed by atoms with Gasteiger partial charge in [-0.25, -0.2) is 0 Å². The Labute approximate surface area is 526 Å². The summed E-state index contributed by atoms with van der Waals surface area (Å²) in [6.45, 7) is 0. The minimum Gasteiger partial charge on any atom is -0.455 e. The van der Waals surface area contributed by atoms with E-state index in [-0.39, 0.29) is 59.5 Å². The molecule has 0 aliphatic rings. The molecule has 0 radical (unpaired) electrons. The number of rotatable bonds is 8. The number of halogens is 1. The molecule has 14 aromatic carbocycles. The Morgan fingerprint density at radius 3 is 0.988 bits per heavy atom. The first kappa shape index (κ1) is 43.5. The monoisotopic (exact) mass is 1230 g/mol. The Morgan fingerprint density at radius 2 is 0.605 bits per heavy atom. The van der Waals surface area contributed by atoms with E-state index in [0.717, 1.165) is 125 Å². The number of fused-ring (bicyclic) bond motifs is 6. The molecule has 6 heteroatoms. The first-order chi connectivity index (χ1) is 46.6. The molecule has 408 valence electrons. The number of furan rings is 2. The summed E-state index contributed by atoms with van der Waals surface area (Å²) in [4.78, 5) is 0. The zero-order valence-corrected chi connectivity index (χ0v) is 48.1. The number of hydrogen-bond acceptors (Lipinski definition) is 4. The second-order valence-electron chi connectivity index (χ2n) is 20.5. The quantitative estimate of drug-likeness (QED) is 0.0904. The van der Waals surface area contributed by atoms with Gasteiger partial charge >= 0.3 is 7.12 Å². The minimum atomic E-state index is -1.34. The van der Waals surface area contributed by atoms with Crippen LogP contribution < -0.4 is 5.46 Å². The smallest absolute Gasteiger partial charge is 0.455 e. The van der Waals surface area contributed by atoms with Crippen molar-refractivity contribution in [1.82, 2.24) is 0 Å². The van der Waals surface area contributed by atoms with Crippen LogP contribution in [0.15, 0.2) is 324 Å². The van der Waals surface area contributed by atoms with Crippen LogP contribution in [0.5, 0.6) is 0 Å². The lowest BCUT2D eigenvalue weighted by atomic mass is 9.81. The van der Waals surface area contributed by atoms with Crippen LogP contribution in [-0.2, 0) is 0 Å². The van der Waals surface area contributed by atoms with Crippen LogP contribution in [0.4, 0.5) is 0 Å². The fourth-order valence-corrected chi connectivity index (χ4v) is 12.6. The fraction of sp³-hybridized carbons (Fsp3) is 0. The lowest BCUT2D eigenvalue weighted by molar-refractivity contribution is 0.426. The molecule has 0 fully saturated rings. The Kier molecular flexibility index (Phi) is 12.1. The predicted molar refractivity (Wildman–Crippen MR) is 369 cm³/mol. The van der Waals surface area contributed by atoms with Crippen molar-refractivity contribution in [2.45, 2.75) is 0 Å². The summed E-state index contributed by atoms with van der Waals surface area (Å²) in [6.07, 6.45) is 0. The van der Waals surface area contributed by atoms with Crippen molar-refractivity contribution in [1.29, 1.82) is 0 Å². The van der Waals surface area contributed by atoms with Gasteiger partial charge in [-0.3, -0.25) is 0 Å². The highest BCUT2D eigenvalue weighted by molar-refractivity contribution is 14.1. The van der Waals surface area contributed by atoms with E-state index < -0.39 is 19.2 Å². The molecule has 0 bridgehead atoms. The highest BCUT2D eigenvalue weighted by Gasteiger charge is 2.26. The summed E-state index contributed by atoms with van der Waals surface area (Å²) in [7, 11) is -1.34. The normalized spacial score (nSPS) is 12.8. The molecule has 0 saturated carbocycles. The molecular formula is C80H54BIO4. The van der Waals surface area contributed by atoms with Crippen molar-refractivity contribution in [2.24, 2.45) is 0 Å². The maximum atomic E-state index is 8.89. The average Bonchev–Trinajstić information content (AvgIpc) is 1.16. The molecule has 16 rings (SSSR count). The first-order valence-corrected chi connectivity index (χ1v) is 29.1. The van der Waals surface area contributed by atoms with Crippen molar-refractivity contribution in [2.75, 3.05) is 0 Å². The summed E-state index contributed by atoms with van der Waals surface area (Å²) in [5.41, 5.74) is 12.9. The lowest BCUT2D eigenvalue weighted by Crippen LogP contribution is -2.29. The Morgan fingerprint density at radius 1 is 0.279 bits per heavy atom. The average molecular weight is 1230 g/mol. The minimum absolute atomic E-state index is 0.191. The second-order valence-corrected chi connectivity index (χ2v) is 21.5. The van der Waals surface area contributed by atoms with E-state index in [1.807, 2.05) is 182 Å². The van der Waals surface area contributed by atoms with Crippen LogP contribution in [0.25, 0.3) is 143 Å². The van der Waals surface area contributed by atoms with Gasteiger partial charge in [0.25, 0.3) is 0 Å². The Hall–Kier alpha value is -10.1. The largest absolute Gasteiger partial charge is 0.488 e. The van der Waals surface area contributed by atoms with Crippen molar-refractivity contribution in [3.63, 3.8) is 0 Å². The van der Waals surface area contributed by atoms with Crippen molar-refractivity contribution >= 4 is 100 Å². The van der Waals surface area contributed by atoms with Gasteiger partial charge in [-0.1, -0.05) is 291 Å². The van der Waals surface area contributed by atoms with Gasteiger partial charge in [0, 0.05) is 61.2 Å². The SMILES string of the molecule is OB(O)c1ccccc1.[2H]c1c([2H])c([2H])c(-c2c3ccccc3c(-c3c(-c4ccccc4)oc4ccc(-c5ccccc5)cc34)c3ccccc23)c([2H])c1[2H].[2H]c1c([2H])c([2H])c(-c2c3ccccc3c(-c3c(I)oc4ccc(-c5ccccc5)cc34)c3ccccc23)c([2H])c1[2H]. The van der Waals surface area contributed by atoms with Crippen molar-refractivity contribution in [3.05, 3.63) is 319 Å². The van der Waals surface area contributed by atoms with E-state index in [9.17, 15) is 0 Å². The summed E-state index contributed by atoms with van der Waals surface area (Å²) in [5.74, 6) is 0.742. The van der Waals surface area contributed by atoms with Gasteiger partial charge in [-0.05, 0) is 117 Å². The van der Waals surface area contributed by atoms with Crippen LogP contribution >= 0.6 is 22.6 Å². The highest BCUT2D eigenvalue weighted by atomic mass is 127. The first-order valence-electron chi connectivity index (χ1n) is 33.0. The summed E-state index contributed by atoms with van der Waals surface area (Å²) in [6, 6.07) is 80.3. The van der Waals surface area contributed by atoms with Gasteiger partial charge in [-0.2, -0.15) is 0 Å². The summed E-state index contributed by atoms with van der Waals surface area (Å²) >= 11 is 2.25. The van der Waals surface area contributed by atoms with Gasteiger partial charge < -0.3 is 18.9 Å². The predicted octanol–water partition coefficient (Wildman–Crippen LogP) is 21.1. The molecule has 2 aromatic heterocycles. The molecule has 4 nitrogen and oxygen atoms in total. The maximum absolute atomic E-state index is 8.89. The molecule has 0 aliphatic carbocycles. The molecule has 2 heterocycles. The zero-order chi connectivity index (χ0) is 66.6. The van der Waals surface area contributed by atoms with Gasteiger partial charge in [0.2, 0.25) is 0 Å². The van der Waals surface area contributed by atoms with Crippen LogP contribution in [0.2, 0.25) is 0 Å². The molecule has 16 aromatic rings. The van der Waals surface area contributed by atoms with Gasteiger partial charge in [0.05, 0.1) is 13.7 Å². The summed E-state index contributed by atoms with van der Waals surface area (Å²) in [5, 5.41) is 25.9. The number of hydrogen-bond donors (Lipinski definition) is 2. The third kappa shape index (κ3) is 10.2. The standard InChI is InChI=1S/C40H26O.C34H21IO.C6H7BO2/c1-4-14-27(15-5-1)30-24-25-36-35(26-30)39(40(41-36)29-18-8-3-9-19-29)38-33-22-12-10-20-31(33)37(28-16-6-2-7-17-28)32-21-11-13-23-34(32)38;35-34-33(29-21-24(19-20-30(29)36-34)22-11-3-1-4-12-22)32-27-17-9-7-15-25(27)31(23-13-5-2-6-14-23)26-16-8-10-18-28(26)32;8-7(9)6-4-2-1-3-5-6/h1-26H;1-21H;1-5,8-9H/i2D,6D,7D,16D,17D;2D,5D,6D,13D,14D;. The van der Waals surface area contributed by atoms with Gasteiger partial charge in [0.1, 0.15) is 16.9 Å². The van der Waals surface area contributed by atoms with Gasteiger partial charge in [0.15, 0.2) is 3.77 Å². The van der Waals surface area contributed by atoms with Crippen LogP contribution in [0.3, 0.4) is 0 Å². The van der Waals surface area contributed by atoms with E-state index >= 15 is 0 Å². The zero-order valence-electron chi connectivity index (χ0n) is 55.9. The van der Waals surface area contributed by atoms with E-state index in [0.29, 0.717) is 16.6 Å². The van der Waals surface area contributed by atoms with Crippen LogP contribution in [0, 0.1) is 3.77 Å². The Balaban J connectivity index is 0.000000147. The fourth-order valence-electron chi connectivity index (χ4n) is 11.8. The van der Waals surface area contributed by atoms with E-state index in [4.69, 9.17) is 32.6 Å². The molecule has 0 unspecified atom stereocenters. The molecule has 0 aliphatic heterocycles. The molecule has 0 spiro atoms. The topological polar surface area (TPSA) is 66.7 Å².